The van der Waals surface area contributed by atoms with Crippen LogP contribution >= 0.6 is 11.8 Å². The minimum absolute atomic E-state index is 0.0278. The van der Waals surface area contributed by atoms with Crippen LogP contribution in [0.1, 0.15) is 16.8 Å². The van der Waals surface area contributed by atoms with Crippen LogP contribution in [0, 0.1) is 0 Å². The molecule has 10 nitrogen and oxygen atoms in total. The maximum Gasteiger partial charge on any atom is 0.501 e. The molecular formula is C31H36F4N4O6S3. The lowest BCUT2D eigenvalue weighted by Gasteiger charge is -2.36. The number of amides is 1. The van der Waals surface area contributed by atoms with Gasteiger partial charge in [0.1, 0.15) is 11.6 Å². The highest BCUT2D eigenvalue weighted by Gasteiger charge is 2.48. The zero-order valence-electron chi connectivity index (χ0n) is 25.6. The van der Waals surface area contributed by atoms with Crippen molar-refractivity contribution in [2.45, 2.75) is 38.8 Å². The fraction of sp³-hybridized carbons (Fsp3) is 0.387. The predicted molar refractivity (Wildman–Crippen MR) is 175 cm³/mol. The van der Waals surface area contributed by atoms with Gasteiger partial charge in [0, 0.05) is 61.5 Å². The van der Waals surface area contributed by atoms with E-state index in [0.717, 1.165) is 17.0 Å². The van der Waals surface area contributed by atoms with Crippen LogP contribution in [0.15, 0.2) is 93.5 Å². The number of thioether (sulfide) groups is 1. The molecule has 0 aromatic heterocycles. The normalized spacial score (nSPS) is 16.3. The number of hydrogen-bond donors (Lipinski definition) is 3. The molecule has 1 fully saturated rings. The Hall–Kier alpha value is -3.22. The summed E-state index contributed by atoms with van der Waals surface area (Å²) in [6.07, 6.45) is -0.685. The first kappa shape index (κ1) is 37.6. The van der Waals surface area contributed by atoms with Gasteiger partial charge in [0.25, 0.3) is 25.8 Å². The van der Waals surface area contributed by atoms with Crippen molar-refractivity contribution >= 4 is 43.2 Å². The van der Waals surface area contributed by atoms with Gasteiger partial charge >= 0.3 is 5.51 Å². The van der Waals surface area contributed by atoms with E-state index in [-0.39, 0.29) is 12.1 Å². The monoisotopic (exact) mass is 732 g/mol. The molecule has 1 amide bonds. The summed E-state index contributed by atoms with van der Waals surface area (Å²) in [5.41, 5.74) is -6.22. The zero-order chi connectivity index (χ0) is 35.0. The van der Waals surface area contributed by atoms with Gasteiger partial charge < -0.3 is 15.3 Å². The van der Waals surface area contributed by atoms with E-state index in [1.807, 2.05) is 35.2 Å². The number of sulfonamides is 1. The van der Waals surface area contributed by atoms with Crippen molar-refractivity contribution in [1.82, 2.24) is 14.5 Å². The number of halogens is 4. The van der Waals surface area contributed by atoms with E-state index in [0.29, 0.717) is 51.0 Å². The number of nitrogens with one attached hydrogen (secondary N) is 2. The number of benzene rings is 3. The number of aliphatic hydroxyl groups excluding tert-OH is 1. The second-order valence-electron chi connectivity index (χ2n) is 11.1. The quantitative estimate of drug-likeness (QED) is 0.155. The van der Waals surface area contributed by atoms with Crippen LogP contribution < -0.4 is 10.0 Å². The lowest BCUT2D eigenvalue weighted by molar-refractivity contribution is -0.0435. The Labute approximate surface area is 281 Å². The van der Waals surface area contributed by atoms with Crippen molar-refractivity contribution in [3.63, 3.8) is 0 Å². The largest absolute Gasteiger partial charge is 0.501 e. The molecule has 0 bridgehead atoms. The summed E-state index contributed by atoms with van der Waals surface area (Å²) >= 11 is 1.41. The van der Waals surface area contributed by atoms with E-state index in [1.54, 1.807) is 10.8 Å². The fourth-order valence-corrected chi connectivity index (χ4v) is 7.99. The van der Waals surface area contributed by atoms with Gasteiger partial charge in [-0.25, -0.2) is 25.9 Å². The maximum atomic E-state index is 13.9. The van der Waals surface area contributed by atoms with Gasteiger partial charge in [-0.1, -0.05) is 36.4 Å². The van der Waals surface area contributed by atoms with Crippen molar-refractivity contribution in [3.8, 4) is 0 Å². The molecule has 4 rings (SSSR count). The molecule has 1 saturated heterocycles. The Morgan fingerprint density at radius 2 is 1.50 bits per heavy atom. The topological polar surface area (TPSA) is 136 Å². The molecule has 1 heterocycles. The van der Waals surface area contributed by atoms with Crippen LogP contribution in [0.3, 0.4) is 0 Å². The highest BCUT2D eigenvalue weighted by molar-refractivity contribution is 7.99. The van der Waals surface area contributed by atoms with Gasteiger partial charge in [-0.2, -0.15) is 13.2 Å². The first-order valence-electron chi connectivity index (χ1n) is 14.9. The summed E-state index contributed by atoms with van der Waals surface area (Å²) in [5, 5.41) is 12.5. The number of carbonyl (C=O) groups excluding carboxylic acids is 1. The number of nitrogens with zero attached hydrogens (tertiary/aromatic N) is 2. The summed E-state index contributed by atoms with van der Waals surface area (Å²) < 4.78 is 108. The second-order valence-corrected chi connectivity index (χ2v) is 15.8. The van der Waals surface area contributed by atoms with Crippen molar-refractivity contribution < 1.29 is 44.3 Å². The summed E-state index contributed by atoms with van der Waals surface area (Å²) in [5.74, 6) is -0.721. The molecule has 48 heavy (non-hydrogen) atoms. The van der Waals surface area contributed by atoms with Gasteiger partial charge in [0.2, 0.25) is 0 Å². The smallest absolute Gasteiger partial charge is 0.389 e. The van der Waals surface area contributed by atoms with Crippen LogP contribution in [0.25, 0.3) is 0 Å². The molecule has 1 aliphatic heterocycles. The first-order chi connectivity index (χ1) is 22.7. The predicted octanol–water partition coefficient (Wildman–Crippen LogP) is 4.01. The third-order valence-corrected chi connectivity index (χ3v) is 11.6. The van der Waals surface area contributed by atoms with E-state index in [2.05, 4.69) is 10.2 Å². The molecule has 3 aromatic carbocycles. The minimum atomic E-state index is -6.05. The van der Waals surface area contributed by atoms with E-state index >= 15 is 0 Å². The Morgan fingerprint density at radius 3 is 2.10 bits per heavy atom. The lowest BCUT2D eigenvalue weighted by Crippen LogP contribution is -2.49. The van der Waals surface area contributed by atoms with E-state index in [1.165, 1.54) is 36.0 Å². The Bertz CT molecular complexity index is 1730. The number of rotatable bonds is 15. The van der Waals surface area contributed by atoms with E-state index in [4.69, 9.17) is 0 Å². The van der Waals surface area contributed by atoms with Crippen molar-refractivity contribution in [1.29, 1.82) is 0 Å². The molecule has 1 unspecified atom stereocenters. The molecule has 17 heteroatoms. The maximum absolute atomic E-state index is 13.9. The van der Waals surface area contributed by atoms with Crippen LogP contribution in [0.4, 0.5) is 23.2 Å². The standard InChI is InChI=1S/C31H36F4N4O6S3/c32-20-25(40)21-39-17-15-38(16-18-39)14-13-24(22-46-26-9-5-2-6-10-26)36-28-12-11-27(19-29(28)47(42,43)31(33,34)35)48(44,45)37-30(41)23-7-3-1-4-8-23/h1-12,19,24-25,36,40H,13-18,20-22H2,(H,37,41)/t24-,25?/m1/s1. The molecule has 3 aromatic rings. The highest BCUT2D eigenvalue weighted by Crippen LogP contribution is 2.36. The van der Waals surface area contributed by atoms with Crippen LogP contribution in [-0.4, -0.2) is 107 Å². The number of anilines is 1. The molecule has 0 aliphatic carbocycles. The third-order valence-electron chi connectivity index (χ3n) is 7.58. The first-order valence-corrected chi connectivity index (χ1v) is 18.9. The van der Waals surface area contributed by atoms with Crippen molar-refractivity contribution in [3.05, 3.63) is 84.4 Å². The van der Waals surface area contributed by atoms with Crippen LogP contribution in [0.2, 0.25) is 0 Å². The number of aliphatic hydroxyl groups is 1. The Morgan fingerprint density at radius 1 is 0.896 bits per heavy atom. The van der Waals surface area contributed by atoms with Crippen LogP contribution in [0.5, 0.6) is 0 Å². The number of piperazine rings is 1. The summed E-state index contributed by atoms with van der Waals surface area (Å²) in [6, 6.07) is 18.2. The number of β-amino-alcohol motifs (C(OH)–C–C–N with tert-alkyl or cyclic N) is 1. The molecule has 2 atom stereocenters. The number of alkyl halides is 4. The second kappa shape index (κ2) is 16.5. The fourth-order valence-electron chi connectivity index (χ4n) is 4.98. The molecule has 3 N–H and O–H groups in total. The SMILES string of the molecule is O=C(NS(=O)(=O)c1ccc(N[C@H](CCN2CCN(CC(O)CF)CC2)CSc2ccccc2)c(S(=O)(=O)C(F)(F)F)c1)c1ccccc1. The van der Waals surface area contributed by atoms with Gasteiger partial charge in [0.05, 0.1) is 16.7 Å². The minimum Gasteiger partial charge on any atom is -0.389 e. The van der Waals surface area contributed by atoms with Crippen LogP contribution in [-0.2, 0) is 19.9 Å². The summed E-state index contributed by atoms with van der Waals surface area (Å²) in [4.78, 5) is 15.3. The Kier molecular flexibility index (Phi) is 12.9. The summed E-state index contributed by atoms with van der Waals surface area (Å²) in [7, 11) is -10.8. The molecular weight excluding hydrogens is 697 g/mol. The highest BCUT2D eigenvalue weighted by atomic mass is 32.2. The van der Waals surface area contributed by atoms with E-state index < -0.39 is 65.6 Å². The molecule has 0 spiro atoms. The lowest BCUT2D eigenvalue weighted by atomic mass is 10.2. The third kappa shape index (κ3) is 10.1. The molecule has 1 aliphatic rings. The molecule has 0 saturated carbocycles. The van der Waals surface area contributed by atoms with E-state index in [9.17, 15) is 44.3 Å². The van der Waals surface area contributed by atoms with Gasteiger partial charge in [-0.3, -0.25) is 9.69 Å². The average molecular weight is 733 g/mol. The number of hydrogen-bond acceptors (Lipinski definition) is 10. The molecule has 262 valence electrons. The van der Waals surface area contributed by atoms with Crippen molar-refractivity contribution in [2.24, 2.45) is 0 Å². The zero-order valence-corrected chi connectivity index (χ0v) is 28.1. The number of sulfone groups is 1. The number of carbonyl (C=O) groups is 1. The van der Waals surface area contributed by atoms with Gasteiger partial charge in [-0.05, 0) is 48.9 Å². The Balaban J connectivity index is 1.58. The van der Waals surface area contributed by atoms with Gasteiger partial charge in [0.15, 0.2) is 0 Å². The summed E-state index contributed by atoms with van der Waals surface area (Å²) in [6.45, 7) is 2.23. The molecule has 0 radical (unpaired) electrons. The van der Waals surface area contributed by atoms with Crippen molar-refractivity contribution in [2.75, 3.05) is 57.0 Å². The van der Waals surface area contributed by atoms with Gasteiger partial charge in [-0.15, -0.1) is 11.8 Å². The average Bonchev–Trinajstić information content (AvgIpc) is 3.06.